The van der Waals surface area contributed by atoms with Crippen molar-refractivity contribution >= 4 is 44.9 Å². The number of halogens is 5. The number of carboxylic acid groups (broad SMARTS) is 1. The SMILES string of the molecule is CCC(c1ccc(-c2ccc(Oc3cc(NS(=O)(=O)C(F)(F)F)cc(C(=O)O)c3)cc2)cc1)c1nc(-c2ccc(Cl)cc2Cl)c[nH]1. The lowest BCUT2D eigenvalue weighted by molar-refractivity contribution is -0.0429. The fraction of sp³-hybridized carbons (Fsp3) is 0.125. The van der Waals surface area contributed by atoms with Gasteiger partial charge in [0.25, 0.3) is 0 Å². The third-order valence-electron chi connectivity index (χ3n) is 6.99. The summed E-state index contributed by atoms with van der Waals surface area (Å²) < 4.78 is 68.6. The second-order valence-electron chi connectivity index (χ2n) is 10.1. The Kier molecular flexibility index (Phi) is 9.34. The van der Waals surface area contributed by atoms with Crippen LogP contribution in [0.1, 0.15) is 41.0 Å². The molecule has 5 rings (SSSR count). The smallest absolute Gasteiger partial charge is 0.478 e. The molecule has 3 N–H and O–H groups in total. The van der Waals surface area contributed by atoms with Crippen molar-refractivity contribution in [3.05, 3.63) is 118 Å². The van der Waals surface area contributed by atoms with Crippen LogP contribution in [-0.4, -0.2) is 35.0 Å². The number of ether oxygens (including phenoxy) is 1. The first-order valence-corrected chi connectivity index (χ1v) is 15.8. The van der Waals surface area contributed by atoms with E-state index in [1.54, 1.807) is 36.4 Å². The highest BCUT2D eigenvalue weighted by molar-refractivity contribution is 7.93. The topological polar surface area (TPSA) is 121 Å². The minimum absolute atomic E-state index is 0.00304. The average molecular weight is 691 g/mol. The molecule has 0 aliphatic rings. The Morgan fingerprint density at radius 1 is 0.957 bits per heavy atom. The van der Waals surface area contributed by atoms with Crippen molar-refractivity contribution in [1.29, 1.82) is 0 Å². The Balaban J connectivity index is 1.32. The predicted molar refractivity (Wildman–Crippen MR) is 170 cm³/mol. The molecule has 0 bridgehead atoms. The van der Waals surface area contributed by atoms with Gasteiger partial charge in [0.05, 0.1) is 22.0 Å². The lowest BCUT2D eigenvalue weighted by atomic mass is 9.93. The zero-order valence-corrected chi connectivity index (χ0v) is 26.1. The monoisotopic (exact) mass is 689 g/mol. The number of carbonyl (C=O) groups is 1. The number of H-pyrrole nitrogens is 1. The third kappa shape index (κ3) is 7.30. The van der Waals surface area contributed by atoms with Gasteiger partial charge in [-0.05, 0) is 65.6 Å². The van der Waals surface area contributed by atoms with Gasteiger partial charge in [0, 0.05) is 28.8 Å². The van der Waals surface area contributed by atoms with E-state index in [9.17, 15) is 31.5 Å². The van der Waals surface area contributed by atoms with E-state index in [0.29, 0.717) is 15.7 Å². The number of aromatic amines is 1. The second-order valence-corrected chi connectivity index (χ2v) is 12.6. The van der Waals surface area contributed by atoms with E-state index in [0.717, 1.165) is 52.7 Å². The second kappa shape index (κ2) is 13.1. The number of imidazole rings is 1. The number of aromatic carboxylic acids is 1. The van der Waals surface area contributed by atoms with Crippen LogP contribution in [0.2, 0.25) is 10.0 Å². The maximum atomic E-state index is 12.8. The Hall–Kier alpha value is -4.52. The maximum absolute atomic E-state index is 12.8. The summed E-state index contributed by atoms with van der Waals surface area (Å²) in [5.74, 6) is -0.633. The lowest BCUT2D eigenvalue weighted by Crippen LogP contribution is -2.30. The number of aromatic nitrogens is 2. The first kappa shape index (κ1) is 32.9. The van der Waals surface area contributed by atoms with Crippen LogP contribution in [0.25, 0.3) is 22.4 Å². The highest BCUT2D eigenvalue weighted by Gasteiger charge is 2.46. The molecule has 0 aliphatic heterocycles. The Morgan fingerprint density at radius 2 is 1.61 bits per heavy atom. The Bertz CT molecular complexity index is 2000. The molecule has 46 heavy (non-hydrogen) atoms. The molecular weight excluding hydrogens is 666 g/mol. The number of sulfonamides is 1. The van der Waals surface area contributed by atoms with Crippen LogP contribution in [0.5, 0.6) is 11.5 Å². The number of alkyl halides is 3. The largest absolute Gasteiger partial charge is 0.516 e. The predicted octanol–water partition coefficient (Wildman–Crippen LogP) is 9.34. The van der Waals surface area contributed by atoms with Crippen molar-refractivity contribution in [3.63, 3.8) is 0 Å². The first-order valence-electron chi connectivity index (χ1n) is 13.6. The van der Waals surface area contributed by atoms with Crippen molar-refractivity contribution in [2.75, 3.05) is 4.72 Å². The normalized spacial score (nSPS) is 12.5. The molecule has 8 nitrogen and oxygen atoms in total. The van der Waals surface area contributed by atoms with Gasteiger partial charge in [-0.3, -0.25) is 4.72 Å². The van der Waals surface area contributed by atoms with Gasteiger partial charge in [0.15, 0.2) is 0 Å². The summed E-state index contributed by atoms with van der Waals surface area (Å²) in [4.78, 5) is 19.5. The number of nitrogens with one attached hydrogen (secondary N) is 2. The maximum Gasteiger partial charge on any atom is 0.516 e. The quantitative estimate of drug-likeness (QED) is 0.134. The van der Waals surface area contributed by atoms with Crippen LogP contribution in [0, 0.1) is 0 Å². The summed E-state index contributed by atoms with van der Waals surface area (Å²) in [6, 6.07) is 22.7. The molecule has 238 valence electrons. The fourth-order valence-corrected chi connectivity index (χ4v) is 5.80. The van der Waals surface area contributed by atoms with Gasteiger partial charge in [-0.2, -0.15) is 21.6 Å². The number of hydrogen-bond acceptors (Lipinski definition) is 5. The number of hydrogen-bond donors (Lipinski definition) is 3. The van der Waals surface area contributed by atoms with Crippen molar-refractivity contribution in [3.8, 4) is 33.9 Å². The van der Waals surface area contributed by atoms with E-state index < -0.39 is 32.8 Å². The van der Waals surface area contributed by atoms with Crippen LogP contribution in [0.4, 0.5) is 18.9 Å². The molecule has 0 saturated carbocycles. The molecule has 0 aliphatic carbocycles. The van der Waals surface area contributed by atoms with Crippen molar-refractivity contribution in [2.24, 2.45) is 0 Å². The van der Waals surface area contributed by atoms with E-state index in [1.165, 1.54) is 4.72 Å². The molecule has 1 heterocycles. The first-order chi connectivity index (χ1) is 21.7. The molecule has 14 heteroatoms. The van der Waals surface area contributed by atoms with Gasteiger partial charge >= 0.3 is 21.5 Å². The van der Waals surface area contributed by atoms with Gasteiger partial charge in [-0.1, -0.05) is 66.5 Å². The van der Waals surface area contributed by atoms with Crippen molar-refractivity contribution < 1.29 is 36.2 Å². The molecule has 1 unspecified atom stereocenters. The van der Waals surface area contributed by atoms with Crippen molar-refractivity contribution in [2.45, 2.75) is 24.8 Å². The minimum Gasteiger partial charge on any atom is -0.478 e. The van der Waals surface area contributed by atoms with E-state index in [4.69, 9.17) is 32.9 Å². The summed E-state index contributed by atoms with van der Waals surface area (Å²) >= 11 is 12.4. The zero-order chi connectivity index (χ0) is 33.2. The van der Waals surface area contributed by atoms with Gasteiger partial charge in [-0.25, -0.2) is 9.78 Å². The van der Waals surface area contributed by atoms with E-state index in [-0.39, 0.29) is 17.4 Å². The number of anilines is 1. The van der Waals surface area contributed by atoms with Gasteiger partial charge < -0.3 is 14.8 Å². The molecule has 4 aromatic carbocycles. The minimum atomic E-state index is -5.77. The molecule has 0 fully saturated rings. The van der Waals surface area contributed by atoms with Crippen LogP contribution >= 0.6 is 23.2 Å². The van der Waals surface area contributed by atoms with E-state index in [2.05, 4.69) is 11.9 Å². The molecule has 0 radical (unpaired) electrons. The van der Waals surface area contributed by atoms with Crippen LogP contribution in [0.15, 0.2) is 91.1 Å². The van der Waals surface area contributed by atoms with Crippen LogP contribution in [0.3, 0.4) is 0 Å². The molecule has 1 aromatic heterocycles. The number of nitrogens with zero attached hydrogens (tertiary/aromatic N) is 1. The van der Waals surface area contributed by atoms with Crippen molar-refractivity contribution in [1.82, 2.24) is 9.97 Å². The van der Waals surface area contributed by atoms with Gasteiger partial charge in [0.2, 0.25) is 0 Å². The fourth-order valence-electron chi connectivity index (χ4n) is 4.75. The third-order valence-corrected chi connectivity index (χ3v) is 8.65. The van der Waals surface area contributed by atoms with E-state index >= 15 is 0 Å². The highest BCUT2D eigenvalue weighted by atomic mass is 35.5. The molecule has 5 aromatic rings. The summed E-state index contributed by atoms with van der Waals surface area (Å²) in [5, 5.41) is 10.4. The van der Waals surface area contributed by atoms with Gasteiger partial charge in [-0.15, -0.1) is 0 Å². The molecule has 0 saturated heterocycles. The highest BCUT2D eigenvalue weighted by Crippen LogP contribution is 2.34. The average Bonchev–Trinajstić information content (AvgIpc) is 3.47. The Labute approximate surface area is 271 Å². The molecule has 1 atom stereocenters. The van der Waals surface area contributed by atoms with Gasteiger partial charge in [0.1, 0.15) is 17.3 Å². The van der Waals surface area contributed by atoms with Crippen LogP contribution < -0.4 is 9.46 Å². The Morgan fingerprint density at radius 3 is 2.20 bits per heavy atom. The standard InChI is InChI=1S/C32H24Cl2F3N3O5S/c1-2-26(30-38-17-29(39-30)27-12-9-22(33)15-28(27)34)20-5-3-18(4-6-20)19-7-10-24(11-8-19)45-25-14-21(31(41)42)13-23(16-25)40-46(43,44)32(35,36)37/h3-17,26,40H,2H2,1H3,(H,38,39)(H,41,42). The number of rotatable bonds is 10. The number of benzene rings is 4. The summed E-state index contributed by atoms with van der Waals surface area (Å²) in [7, 11) is -5.77. The molecular formula is C32H24Cl2F3N3O5S. The molecule has 0 spiro atoms. The summed E-state index contributed by atoms with van der Waals surface area (Å²) in [5.41, 5.74) is -2.42. The number of carboxylic acids is 1. The lowest BCUT2D eigenvalue weighted by Gasteiger charge is -2.14. The summed E-state index contributed by atoms with van der Waals surface area (Å²) in [6.45, 7) is 2.06. The summed E-state index contributed by atoms with van der Waals surface area (Å²) in [6.07, 6.45) is 2.60. The van der Waals surface area contributed by atoms with Crippen LogP contribution in [-0.2, 0) is 10.0 Å². The zero-order valence-electron chi connectivity index (χ0n) is 23.8. The van der Waals surface area contributed by atoms with E-state index in [1.807, 2.05) is 36.5 Å². The molecule has 0 amide bonds.